The van der Waals surface area contributed by atoms with Crippen LogP contribution in [0.4, 0.5) is 4.79 Å². The lowest BCUT2D eigenvalue weighted by Gasteiger charge is -2.17. The highest BCUT2D eigenvalue weighted by Crippen LogP contribution is 2.23. The molecule has 0 aliphatic heterocycles. The van der Waals surface area contributed by atoms with Crippen molar-refractivity contribution in [2.75, 3.05) is 13.7 Å². The smallest absolute Gasteiger partial charge is 0.407 e. The number of carbonyl (C=O) groups excluding carboxylic acids is 2. The number of amides is 1. The summed E-state index contributed by atoms with van der Waals surface area (Å²) in [7, 11) is -2.75. The molecule has 0 aromatic heterocycles. The minimum Gasteiger partial charge on any atom is -0.468 e. The summed E-state index contributed by atoms with van der Waals surface area (Å²) >= 11 is 3.39. The van der Waals surface area contributed by atoms with E-state index in [2.05, 4.69) is 26.0 Å². The highest BCUT2D eigenvalue weighted by molar-refractivity contribution is 9.10. The van der Waals surface area contributed by atoms with Gasteiger partial charge in [-0.05, 0) is 60.2 Å². The molecule has 37 heavy (non-hydrogen) atoms. The average Bonchev–Trinajstić information content (AvgIpc) is 2.91. The lowest BCUT2D eigenvalue weighted by molar-refractivity contribution is -0.142. The van der Waals surface area contributed by atoms with Crippen molar-refractivity contribution in [3.8, 4) is 11.1 Å². The number of esters is 1. The molecular formula is C27H29BrN2O6S. The summed E-state index contributed by atoms with van der Waals surface area (Å²) in [6.07, 6.45) is 0.672. The first kappa shape index (κ1) is 28.4. The van der Waals surface area contributed by atoms with Crippen molar-refractivity contribution in [3.05, 3.63) is 88.9 Å². The zero-order valence-electron chi connectivity index (χ0n) is 20.4. The number of halogens is 1. The van der Waals surface area contributed by atoms with E-state index in [4.69, 9.17) is 9.47 Å². The van der Waals surface area contributed by atoms with Gasteiger partial charge in [-0.3, -0.25) is 4.79 Å². The maximum atomic E-state index is 12.9. The van der Waals surface area contributed by atoms with Gasteiger partial charge in [0.05, 0.1) is 12.0 Å². The average molecular weight is 590 g/mol. The number of methoxy groups -OCH3 is 1. The Balaban J connectivity index is 1.48. The predicted molar refractivity (Wildman–Crippen MR) is 144 cm³/mol. The van der Waals surface area contributed by atoms with Crippen LogP contribution < -0.4 is 10.0 Å². The summed E-state index contributed by atoms with van der Waals surface area (Å²) in [5, 5.41) is 2.65. The second kappa shape index (κ2) is 13.9. The minimum atomic E-state index is -3.96. The Morgan fingerprint density at radius 2 is 1.51 bits per heavy atom. The van der Waals surface area contributed by atoms with Crippen molar-refractivity contribution in [1.29, 1.82) is 0 Å². The highest BCUT2D eigenvalue weighted by atomic mass is 79.9. The number of unbranched alkanes of at least 4 members (excludes halogenated alkanes) is 1. The van der Waals surface area contributed by atoms with Crippen LogP contribution in [0.15, 0.2) is 88.2 Å². The molecule has 3 aromatic rings. The Labute approximate surface area is 225 Å². The van der Waals surface area contributed by atoms with Crippen LogP contribution in [0.3, 0.4) is 0 Å². The van der Waals surface area contributed by atoms with E-state index < -0.39 is 28.1 Å². The van der Waals surface area contributed by atoms with Gasteiger partial charge in [0.1, 0.15) is 12.6 Å². The number of rotatable bonds is 12. The number of benzene rings is 3. The Morgan fingerprint density at radius 3 is 2.14 bits per heavy atom. The maximum absolute atomic E-state index is 12.9. The number of hydrogen-bond acceptors (Lipinski definition) is 6. The van der Waals surface area contributed by atoms with E-state index in [9.17, 15) is 18.0 Å². The molecule has 1 atom stereocenters. The first-order chi connectivity index (χ1) is 17.8. The van der Waals surface area contributed by atoms with Gasteiger partial charge in [0.2, 0.25) is 10.0 Å². The lowest BCUT2D eigenvalue weighted by atomic mass is 10.1. The monoisotopic (exact) mass is 588 g/mol. The van der Waals surface area contributed by atoms with Crippen molar-refractivity contribution in [1.82, 2.24) is 10.0 Å². The predicted octanol–water partition coefficient (Wildman–Crippen LogP) is 5.03. The van der Waals surface area contributed by atoms with Crippen LogP contribution in [0.1, 0.15) is 24.8 Å². The van der Waals surface area contributed by atoms with Gasteiger partial charge >= 0.3 is 12.1 Å². The maximum Gasteiger partial charge on any atom is 0.407 e. The van der Waals surface area contributed by atoms with Crippen LogP contribution in [-0.2, 0) is 30.9 Å². The molecule has 196 valence electrons. The molecule has 0 unspecified atom stereocenters. The van der Waals surface area contributed by atoms with Crippen molar-refractivity contribution >= 4 is 38.0 Å². The molecule has 0 spiro atoms. The SMILES string of the molecule is COC(=O)[C@H](CCCCNC(=O)OCc1ccccc1)NS(=O)(=O)c1ccc(-c2ccc(Br)cc2)cc1. The van der Waals surface area contributed by atoms with Crippen LogP contribution in [0.25, 0.3) is 11.1 Å². The van der Waals surface area contributed by atoms with Crippen molar-refractivity contribution in [3.63, 3.8) is 0 Å². The van der Waals surface area contributed by atoms with E-state index in [0.29, 0.717) is 19.4 Å². The fourth-order valence-electron chi connectivity index (χ4n) is 3.53. The first-order valence-electron chi connectivity index (χ1n) is 11.7. The Bertz CT molecular complexity index is 1270. The summed E-state index contributed by atoms with van der Waals surface area (Å²) in [6.45, 7) is 0.495. The van der Waals surface area contributed by atoms with Gasteiger partial charge in [-0.15, -0.1) is 0 Å². The summed E-state index contributed by atoms with van der Waals surface area (Å²) < 4.78 is 39.2. The molecule has 10 heteroatoms. The number of carbonyl (C=O) groups is 2. The van der Waals surface area contributed by atoms with Crippen molar-refractivity contribution < 1.29 is 27.5 Å². The van der Waals surface area contributed by atoms with Crippen molar-refractivity contribution in [2.24, 2.45) is 0 Å². The summed E-state index contributed by atoms with van der Waals surface area (Å²) in [4.78, 5) is 24.1. The molecule has 0 aliphatic carbocycles. The van der Waals surface area contributed by atoms with E-state index in [0.717, 1.165) is 21.2 Å². The number of hydrogen-bond donors (Lipinski definition) is 2. The molecule has 3 rings (SSSR count). The minimum absolute atomic E-state index is 0.0464. The molecule has 8 nitrogen and oxygen atoms in total. The lowest BCUT2D eigenvalue weighted by Crippen LogP contribution is -2.41. The number of alkyl carbamates (subject to hydrolysis) is 1. The number of sulfonamides is 1. The normalized spacial score (nSPS) is 11.9. The fourth-order valence-corrected chi connectivity index (χ4v) is 5.01. The molecule has 0 aliphatic rings. The topological polar surface area (TPSA) is 111 Å². The van der Waals surface area contributed by atoms with Crippen LogP contribution >= 0.6 is 15.9 Å². The Hall–Kier alpha value is -3.21. The van der Waals surface area contributed by atoms with Gasteiger partial charge in [-0.2, -0.15) is 4.72 Å². The van der Waals surface area contributed by atoms with Crippen LogP contribution in [0.2, 0.25) is 0 Å². The molecule has 1 amide bonds. The second-order valence-electron chi connectivity index (χ2n) is 8.21. The standard InChI is InChI=1S/C27H29BrN2O6S/c1-35-26(31)25(9-5-6-18-29-27(32)36-19-20-7-3-2-4-8-20)30-37(33,34)24-16-12-22(13-17-24)21-10-14-23(28)15-11-21/h2-4,7-8,10-17,25,30H,5-6,9,18-19H2,1H3,(H,29,32)/t25-/m0/s1. The number of nitrogens with one attached hydrogen (secondary N) is 2. The molecule has 0 saturated heterocycles. The van der Waals surface area contributed by atoms with Crippen LogP contribution in [-0.4, -0.2) is 40.2 Å². The van der Waals surface area contributed by atoms with E-state index in [-0.39, 0.29) is 17.9 Å². The fraction of sp³-hybridized carbons (Fsp3) is 0.259. The first-order valence-corrected chi connectivity index (χ1v) is 14.0. The summed E-state index contributed by atoms with van der Waals surface area (Å²) in [6, 6.07) is 22.4. The van der Waals surface area contributed by atoms with Crippen LogP contribution in [0.5, 0.6) is 0 Å². The van der Waals surface area contributed by atoms with Gasteiger partial charge < -0.3 is 14.8 Å². The molecular weight excluding hydrogens is 560 g/mol. The van der Waals surface area contributed by atoms with Gasteiger partial charge in [0, 0.05) is 11.0 Å². The summed E-state index contributed by atoms with van der Waals surface area (Å²) in [5.74, 6) is -0.676. The molecule has 0 fully saturated rings. The number of ether oxygens (including phenoxy) is 2. The molecule has 0 saturated carbocycles. The molecule has 2 N–H and O–H groups in total. The van der Waals surface area contributed by atoms with E-state index in [1.165, 1.54) is 19.2 Å². The molecule has 0 radical (unpaired) electrons. The highest BCUT2D eigenvalue weighted by Gasteiger charge is 2.26. The van der Waals surface area contributed by atoms with Crippen LogP contribution in [0, 0.1) is 0 Å². The van der Waals surface area contributed by atoms with Gasteiger partial charge in [-0.25, -0.2) is 13.2 Å². The van der Waals surface area contributed by atoms with Gasteiger partial charge in [0.25, 0.3) is 0 Å². The zero-order chi connectivity index (χ0) is 26.7. The Kier molecular flexibility index (Phi) is 10.7. The quantitative estimate of drug-likeness (QED) is 0.227. The zero-order valence-corrected chi connectivity index (χ0v) is 22.8. The van der Waals surface area contributed by atoms with E-state index >= 15 is 0 Å². The third kappa shape index (κ3) is 8.99. The Morgan fingerprint density at radius 1 is 0.892 bits per heavy atom. The third-order valence-corrected chi connectivity index (χ3v) is 7.54. The van der Waals surface area contributed by atoms with Gasteiger partial charge in [0.15, 0.2) is 0 Å². The molecule has 3 aromatic carbocycles. The van der Waals surface area contributed by atoms with E-state index in [1.807, 2.05) is 54.6 Å². The van der Waals surface area contributed by atoms with Crippen molar-refractivity contribution in [2.45, 2.75) is 36.8 Å². The largest absolute Gasteiger partial charge is 0.468 e. The van der Waals surface area contributed by atoms with Gasteiger partial charge in [-0.1, -0.05) is 70.5 Å². The second-order valence-corrected chi connectivity index (χ2v) is 10.8. The molecule has 0 heterocycles. The van der Waals surface area contributed by atoms with E-state index in [1.54, 1.807) is 12.1 Å². The summed E-state index contributed by atoms with van der Waals surface area (Å²) in [5.41, 5.74) is 2.70. The third-order valence-electron chi connectivity index (χ3n) is 5.53. The molecule has 0 bridgehead atoms.